The summed E-state index contributed by atoms with van der Waals surface area (Å²) in [4.78, 5) is 14.8. The minimum Gasteiger partial charge on any atom is -0.393 e. The van der Waals surface area contributed by atoms with Gasteiger partial charge >= 0.3 is 0 Å². The Kier molecular flexibility index (Phi) is 2.95. The van der Waals surface area contributed by atoms with Gasteiger partial charge in [0.2, 0.25) is 0 Å². The fourth-order valence-electron chi connectivity index (χ4n) is 2.02. The second-order valence-electron chi connectivity index (χ2n) is 4.06. The van der Waals surface area contributed by atoms with Crippen LogP contribution in [0.3, 0.4) is 0 Å². The molecule has 0 radical (unpaired) electrons. The molecule has 0 aliphatic carbocycles. The highest BCUT2D eigenvalue weighted by atomic mass is 16.5. The van der Waals surface area contributed by atoms with Gasteiger partial charge in [0.05, 0.1) is 12.9 Å². The lowest BCUT2D eigenvalue weighted by Gasteiger charge is -2.14. The average Bonchev–Trinajstić information content (AvgIpc) is 3.03. The summed E-state index contributed by atoms with van der Waals surface area (Å²) in [6.45, 7) is -0.287. The smallest absolute Gasteiger partial charge is 0.167 e. The number of nitrogen functional groups attached to an aromatic ring is 1. The number of aliphatic hydroxyl groups is 1. The van der Waals surface area contributed by atoms with Gasteiger partial charge in [-0.15, -0.1) is 0 Å². The van der Waals surface area contributed by atoms with Crippen LogP contribution in [0.15, 0.2) is 29.5 Å². The van der Waals surface area contributed by atoms with E-state index in [9.17, 15) is 5.11 Å². The quantitative estimate of drug-likeness (QED) is 0.472. The molecule has 0 saturated carbocycles. The first kappa shape index (κ1) is 12.4. The number of nitrogens with two attached hydrogens (primary N) is 1. The Labute approximate surface area is 112 Å². The number of anilines is 1. The van der Waals surface area contributed by atoms with E-state index in [4.69, 9.17) is 16.0 Å². The van der Waals surface area contributed by atoms with Crippen LogP contribution in [0, 0.1) is 0 Å². The highest BCUT2D eigenvalue weighted by Crippen LogP contribution is 2.30. The molecule has 3 heterocycles. The van der Waals surface area contributed by atoms with Gasteiger partial charge < -0.3 is 15.6 Å². The van der Waals surface area contributed by atoms with Crippen molar-refractivity contribution in [3.63, 3.8) is 0 Å². The van der Waals surface area contributed by atoms with E-state index in [2.05, 4.69) is 25.0 Å². The van der Waals surface area contributed by atoms with Gasteiger partial charge in [-0.1, -0.05) is 5.11 Å². The summed E-state index contributed by atoms with van der Waals surface area (Å²) in [5.41, 5.74) is 15.5. The molecule has 3 rings (SSSR count). The highest BCUT2D eigenvalue weighted by molar-refractivity contribution is 5.81. The molecule has 1 aliphatic rings. The number of imidazole rings is 1. The van der Waals surface area contributed by atoms with Crippen molar-refractivity contribution >= 4 is 17.0 Å². The summed E-state index contributed by atoms with van der Waals surface area (Å²) in [5, 5.41) is 12.7. The third-order valence-corrected chi connectivity index (χ3v) is 2.93. The molecular weight excluding hydrogens is 264 g/mol. The van der Waals surface area contributed by atoms with Gasteiger partial charge in [0.25, 0.3) is 0 Å². The number of hydrogen-bond acceptors (Lipinski definition) is 7. The molecule has 3 N–H and O–H groups in total. The Hall–Kier alpha value is -2.68. The maximum Gasteiger partial charge on any atom is 0.167 e. The summed E-state index contributed by atoms with van der Waals surface area (Å²) >= 11 is 0. The van der Waals surface area contributed by atoms with Gasteiger partial charge in [0.15, 0.2) is 17.7 Å². The topological polar surface area (TPSA) is 148 Å². The van der Waals surface area contributed by atoms with Crippen molar-refractivity contribution in [2.24, 2.45) is 5.11 Å². The van der Waals surface area contributed by atoms with Crippen molar-refractivity contribution in [3.8, 4) is 0 Å². The molecule has 2 aromatic rings. The lowest BCUT2D eigenvalue weighted by atomic mass is 10.3. The van der Waals surface area contributed by atoms with E-state index in [1.807, 2.05) is 0 Å². The van der Waals surface area contributed by atoms with Gasteiger partial charge in [-0.3, -0.25) is 4.57 Å². The van der Waals surface area contributed by atoms with E-state index in [1.165, 1.54) is 12.7 Å². The summed E-state index contributed by atoms with van der Waals surface area (Å²) in [6.07, 6.45) is 3.18. The normalized spacial score (nSPS) is 21.8. The predicted octanol–water partition coefficient (Wildman–Crippen LogP) is 0.492. The third kappa shape index (κ3) is 1.84. The van der Waals surface area contributed by atoms with E-state index >= 15 is 0 Å². The van der Waals surface area contributed by atoms with Crippen LogP contribution in [-0.4, -0.2) is 37.3 Å². The Balaban J connectivity index is 2.04. The zero-order valence-corrected chi connectivity index (χ0v) is 10.2. The molecule has 2 aromatic heterocycles. The minimum atomic E-state index is -0.674. The predicted molar refractivity (Wildman–Crippen MR) is 68.0 cm³/mol. The summed E-state index contributed by atoms with van der Waals surface area (Å²) in [5.74, 6) is 0.268. The highest BCUT2D eigenvalue weighted by Gasteiger charge is 2.28. The minimum absolute atomic E-state index is 0.268. The molecule has 0 aromatic carbocycles. The van der Waals surface area contributed by atoms with Gasteiger partial charge in [-0.25, -0.2) is 15.0 Å². The maximum atomic E-state index is 9.22. The number of azide groups is 1. The van der Waals surface area contributed by atoms with E-state index < -0.39 is 12.3 Å². The van der Waals surface area contributed by atoms with Crippen molar-refractivity contribution < 1.29 is 9.84 Å². The fraction of sp³-hybridized carbons (Fsp3) is 0.300. The Morgan fingerprint density at radius 2 is 2.35 bits per heavy atom. The van der Waals surface area contributed by atoms with Crippen LogP contribution >= 0.6 is 0 Å². The van der Waals surface area contributed by atoms with Crippen LogP contribution < -0.4 is 5.73 Å². The summed E-state index contributed by atoms with van der Waals surface area (Å²) in [6, 6.07) is 0. The molecule has 0 unspecified atom stereocenters. The second kappa shape index (κ2) is 4.78. The largest absolute Gasteiger partial charge is 0.393 e. The van der Waals surface area contributed by atoms with Crippen LogP contribution in [0.5, 0.6) is 0 Å². The van der Waals surface area contributed by atoms with E-state index in [1.54, 1.807) is 10.6 Å². The Morgan fingerprint density at radius 3 is 3.10 bits per heavy atom. The van der Waals surface area contributed by atoms with Gasteiger partial charge in [0.1, 0.15) is 17.9 Å². The molecule has 20 heavy (non-hydrogen) atoms. The molecule has 0 spiro atoms. The molecule has 0 bridgehead atoms. The number of fused-ring (bicyclic) bond motifs is 1. The lowest BCUT2D eigenvalue weighted by Crippen LogP contribution is -2.17. The Morgan fingerprint density at radius 1 is 1.50 bits per heavy atom. The monoisotopic (exact) mass is 274 g/mol. The summed E-state index contributed by atoms with van der Waals surface area (Å²) < 4.78 is 7.20. The average molecular weight is 274 g/mol. The number of rotatable bonds is 3. The number of aromatic nitrogens is 4. The number of ether oxygens (including phenoxy) is 1. The molecule has 0 fully saturated rings. The first-order valence-corrected chi connectivity index (χ1v) is 5.70. The molecule has 0 saturated heterocycles. The van der Waals surface area contributed by atoms with Crippen molar-refractivity contribution in [3.05, 3.63) is 34.9 Å². The van der Waals surface area contributed by atoms with Crippen LogP contribution in [0.1, 0.15) is 6.23 Å². The second-order valence-corrected chi connectivity index (χ2v) is 4.06. The van der Waals surface area contributed by atoms with Crippen molar-refractivity contribution in [1.29, 1.82) is 0 Å². The van der Waals surface area contributed by atoms with E-state index in [-0.39, 0.29) is 12.4 Å². The molecule has 102 valence electrons. The van der Waals surface area contributed by atoms with Gasteiger partial charge in [0, 0.05) is 10.6 Å². The van der Waals surface area contributed by atoms with Crippen molar-refractivity contribution in [2.45, 2.75) is 12.3 Å². The van der Waals surface area contributed by atoms with Crippen molar-refractivity contribution in [1.82, 2.24) is 19.5 Å². The zero-order valence-electron chi connectivity index (χ0n) is 10.2. The maximum absolute atomic E-state index is 9.22. The number of hydrogen-bond donors (Lipinski definition) is 2. The first-order chi connectivity index (χ1) is 9.74. The standard InChI is InChI=1S/C10H10N8O2/c11-9-8-10(14-3-13-9)18(4-15-8)7-1-5(16-17-12)6(2-19)20-7/h1,3-4,6-7,19H,2H2,(H2,11,13,14)/t6-,7-/m0/s1. The van der Waals surface area contributed by atoms with Crippen LogP contribution in [0.4, 0.5) is 5.82 Å². The van der Waals surface area contributed by atoms with Gasteiger partial charge in [-0.2, -0.15) is 0 Å². The molecule has 10 nitrogen and oxygen atoms in total. The van der Waals surface area contributed by atoms with Crippen LogP contribution in [0.25, 0.3) is 21.6 Å². The van der Waals surface area contributed by atoms with Crippen molar-refractivity contribution in [2.75, 3.05) is 12.3 Å². The van der Waals surface area contributed by atoms with E-state index in [0.717, 1.165) is 0 Å². The molecule has 0 amide bonds. The number of aliphatic hydroxyl groups excluding tert-OH is 1. The zero-order chi connectivity index (χ0) is 14.1. The SMILES string of the molecule is [N-]=[N+]=NC1=C[C@@H](n2cnc3c(N)ncnc32)O[C@H]1CO. The molecule has 1 aliphatic heterocycles. The third-order valence-electron chi connectivity index (χ3n) is 2.93. The molecule has 10 heteroatoms. The van der Waals surface area contributed by atoms with Crippen LogP contribution in [-0.2, 0) is 4.74 Å². The fourth-order valence-corrected chi connectivity index (χ4v) is 2.02. The van der Waals surface area contributed by atoms with Gasteiger partial charge in [-0.05, 0) is 11.6 Å². The Bertz CT molecular complexity index is 732. The molecule has 2 atom stereocenters. The van der Waals surface area contributed by atoms with Crippen LogP contribution in [0.2, 0.25) is 0 Å². The number of nitrogens with zero attached hydrogens (tertiary/aromatic N) is 7. The first-order valence-electron chi connectivity index (χ1n) is 5.70. The molecular formula is C10H10N8O2. The van der Waals surface area contributed by atoms with E-state index in [0.29, 0.717) is 16.9 Å². The summed E-state index contributed by atoms with van der Waals surface area (Å²) in [7, 11) is 0. The lowest BCUT2D eigenvalue weighted by molar-refractivity contribution is -0.0104.